The highest BCUT2D eigenvalue weighted by atomic mass is 16.2. The summed E-state index contributed by atoms with van der Waals surface area (Å²) in [5.41, 5.74) is 4.01. The van der Waals surface area contributed by atoms with Crippen molar-refractivity contribution in [3.8, 4) is 5.69 Å². The van der Waals surface area contributed by atoms with E-state index >= 15 is 0 Å². The van der Waals surface area contributed by atoms with Gasteiger partial charge in [-0.05, 0) is 89.5 Å². The summed E-state index contributed by atoms with van der Waals surface area (Å²) >= 11 is 0. The van der Waals surface area contributed by atoms with Crippen molar-refractivity contribution in [2.45, 2.75) is 63.1 Å². The lowest BCUT2D eigenvalue weighted by atomic mass is 10.0. The highest BCUT2D eigenvalue weighted by Crippen LogP contribution is 2.40. The number of likely N-dealkylation sites (tertiary alicyclic amines) is 1. The molecule has 0 spiro atoms. The number of rotatable bonds is 11. The molecule has 2 amide bonds. The van der Waals surface area contributed by atoms with Crippen molar-refractivity contribution in [3.05, 3.63) is 77.6 Å². The van der Waals surface area contributed by atoms with Crippen molar-refractivity contribution in [3.63, 3.8) is 0 Å². The molecule has 1 aliphatic heterocycles. The van der Waals surface area contributed by atoms with E-state index < -0.39 is 6.04 Å². The Bertz CT molecular complexity index is 1250. The predicted octanol–water partition coefficient (Wildman–Crippen LogP) is 3.15. The maximum absolute atomic E-state index is 13.6. The Morgan fingerprint density at radius 2 is 1.77 bits per heavy atom. The average molecular weight is 544 g/mol. The molecule has 9 nitrogen and oxygen atoms in total. The minimum Gasteiger partial charge on any atom is -0.341 e. The Hall–Kier alpha value is -3.56. The lowest BCUT2D eigenvalue weighted by Gasteiger charge is -2.37. The standard InChI is InChI=1S/C31H41N7O2/c1-22-6-8-23(9-7-22)27-21-29(27)32-16-4-5-28(31(40)37-18-14-25(15-19-37)36(2)3)34-30(39)24-10-12-26(13-11-24)38-20-17-33-35-38/h6-13,17,20,25,27-29,32H,4-5,14-16,18-19,21H2,1-3H3,(H,34,39)/t27-,28-,29+/m0/s1. The Balaban J connectivity index is 1.17. The van der Waals surface area contributed by atoms with Gasteiger partial charge in [0.25, 0.3) is 5.91 Å². The molecule has 1 saturated heterocycles. The van der Waals surface area contributed by atoms with Gasteiger partial charge in [-0.15, -0.1) is 5.10 Å². The van der Waals surface area contributed by atoms with Crippen LogP contribution in [0.1, 0.15) is 59.5 Å². The number of amides is 2. The van der Waals surface area contributed by atoms with Crippen LogP contribution in [0.5, 0.6) is 0 Å². The zero-order valence-electron chi connectivity index (χ0n) is 23.8. The summed E-state index contributed by atoms with van der Waals surface area (Å²) in [5.74, 6) is 0.353. The Morgan fingerprint density at radius 3 is 2.42 bits per heavy atom. The third-order valence-electron chi connectivity index (χ3n) is 8.30. The first-order valence-electron chi connectivity index (χ1n) is 14.4. The van der Waals surface area contributed by atoms with Crippen molar-refractivity contribution in [2.24, 2.45) is 0 Å². The third-order valence-corrected chi connectivity index (χ3v) is 8.30. The molecule has 2 N–H and O–H groups in total. The quantitative estimate of drug-likeness (QED) is 0.361. The molecule has 2 fully saturated rings. The van der Waals surface area contributed by atoms with Gasteiger partial charge in [0.05, 0.1) is 18.1 Å². The predicted molar refractivity (Wildman–Crippen MR) is 155 cm³/mol. The van der Waals surface area contributed by atoms with E-state index in [1.807, 2.05) is 17.0 Å². The maximum atomic E-state index is 13.6. The average Bonchev–Trinajstić information content (AvgIpc) is 3.53. The summed E-state index contributed by atoms with van der Waals surface area (Å²) < 4.78 is 1.64. The highest BCUT2D eigenvalue weighted by Gasteiger charge is 2.37. The van der Waals surface area contributed by atoms with Gasteiger partial charge < -0.3 is 20.4 Å². The number of nitrogens with one attached hydrogen (secondary N) is 2. The van der Waals surface area contributed by atoms with E-state index in [0.29, 0.717) is 30.0 Å². The molecule has 3 aromatic rings. The monoisotopic (exact) mass is 543 g/mol. The number of benzene rings is 2. The van der Waals surface area contributed by atoms with E-state index in [4.69, 9.17) is 0 Å². The van der Waals surface area contributed by atoms with Gasteiger partial charge in [0.1, 0.15) is 6.04 Å². The zero-order chi connectivity index (χ0) is 28.1. The number of aryl methyl sites for hydroxylation is 1. The van der Waals surface area contributed by atoms with Crippen LogP contribution in [0.2, 0.25) is 0 Å². The summed E-state index contributed by atoms with van der Waals surface area (Å²) in [4.78, 5) is 31.0. The summed E-state index contributed by atoms with van der Waals surface area (Å²) in [6.07, 6.45) is 7.82. The SMILES string of the molecule is Cc1ccc([C@@H]2C[C@H]2NCCC[C@H](NC(=O)c2ccc(-n3ccnn3)cc2)C(=O)N2CCC(N(C)C)CC2)cc1. The summed E-state index contributed by atoms with van der Waals surface area (Å²) in [6.45, 7) is 4.38. The second-order valence-electron chi connectivity index (χ2n) is 11.4. The van der Waals surface area contributed by atoms with Crippen LogP contribution >= 0.6 is 0 Å². The first kappa shape index (κ1) is 28.0. The largest absolute Gasteiger partial charge is 0.341 e. The van der Waals surface area contributed by atoms with Crippen LogP contribution in [0.25, 0.3) is 5.69 Å². The van der Waals surface area contributed by atoms with Crippen LogP contribution in [0.3, 0.4) is 0 Å². The summed E-state index contributed by atoms with van der Waals surface area (Å²) in [6, 6.07) is 16.4. The van der Waals surface area contributed by atoms with E-state index in [1.165, 1.54) is 11.1 Å². The minimum atomic E-state index is -0.549. The van der Waals surface area contributed by atoms with Gasteiger partial charge in [0, 0.05) is 36.7 Å². The zero-order valence-corrected chi connectivity index (χ0v) is 23.8. The van der Waals surface area contributed by atoms with Crippen molar-refractivity contribution >= 4 is 11.8 Å². The molecule has 1 aliphatic carbocycles. The van der Waals surface area contributed by atoms with Crippen LogP contribution < -0.4 is 10.6 Å². The molecule has 0 unspecified atom stereocenters. The van der Waals surface area contributed by atoms with Crippen molar-refractivity contribution < 1.29 is 9.59 Å². The fraction of sp³-hybridized carbons (Fsp3) is 0.484. The van der Waals surface area contributed by atoms with Gasteiger partial charge in [-0.1, -0.05) is 35.0 Å². The second kappa shape index (κ2) is 12.7. The number of carbonyl (C=O) groups is 2. The molecule has 5 rings (SSSR count). The molecule has 1 aromatic heterocycles. The first-order chi connectivity index (χ1) is 19.4. The van der Waals surface area contributed by atoms with E-state index in [0.717, 1.165) is 51.0 Å². The molecule has 1 saturated carbocycles. The van der Waals surface area contributed by atoms with Crippen LogP contribution in [0.4, 0.5) is 0 Å². The van der Waals surface area contributed by atoms with E-state index in [-0.39, 0.29) is 11.8 Å². The first-order valence-corrected chi connectivity index (χ1v) is 14.4. The molecule has 2 heterocycles. The highest BCUT2D eigenvalue weighted by molar-refractivity contribution is 5.97. The van der Waals surface area contributed by atoms with Crippen LogP contribution in [-0.2, 0) is 4.79 Å². The smallest absolute Gasteiger partial charge is 0.251 e. The van der Waals surface area contributed by atoms with Gasteiger partial charge in [0.15, 0.2) is 0 Å². The summed E-state index contributed by atoms with van der Waals surface area (Å²) in [7, 11) is 4.19. The lowest BCUT2D eigenvalue weighted by Crippen LogP contribution is -2.52. The van der Waals surface area contributed by atoms with Gasteiger partial charge in [-0.2, -0.15) is 0 Å². The Morgan fingerprint density at radius 1 is 1.05 bits per heavy atom. The number of nitrogens with zero attached hydrogens (tertiary/aromatic N) is 5. The maximum Gasteiger partial charge on any atom is 0.251 e. The van der Waals surface area contributed by atoms with E-state index in [1.54, 1.807) is 29.2 Å². The molecule has 2 aromatic carbocycles. The van der Waals surface area contributed by atoms with Crippen molar-refractivity contribution in [1.29, 1.82) is 0 Å². The van der Waals surface area contributed by atoms with Crippen LogP contribution in [-0.4, -0.2) is 88.5 Å². The molecule has 212 valence electrons. The van der Waals surface area contributed by atoms with Gasteiger partial charge in [-0.25, -0.2) is 4.68 Å². The van der Waals surface area contributed by atoms with E-state index in [9.17, 15) is 9.59 Å². The molecule has 0 radical (unpaired) electrons. The molecule has 2 aliphatic rings. The lowest BCUT2D eigenvalue weighted by molar-refractivity contribution is -0.134. The second-order valence-corrected chi connectivity index (χ2v) is 11.4. The number of aromatic nitrogens is 3. The number of hydrogen-bond donors (Lipinski definition) is 2. The van der Waals surface area contributed by atoms with Gasteiger partial charge in [-0.3, -0.25) is 9.59 Å². The topological polar surface area (TPSA) is 95.4 Å². The van der Waals surface area contributed by atoms with Crippen LogP contribution in [0, 0.1) is 6.92 Å². The number of piperidine rings is 1. The molecule has 0 bridgehead atoms. The van der Waals surface area contributed by atoms with Gasteiger partial charge >= 0.3 is 0 Å². The minimum absolute atomic E-state index is 0.0220. The molecule has 3 atom stereocenters. The summed E-state index contributed by atoms with van der Waals surface area (Å²) in [5, 5.41) is 14.5. The molecular formula is C31H41N7O2. The van der Waals surface area contributed by atoms with Crippen LogP contribution in [0.15, 0.2) is 60.9 Å². The Labute approximate surface area is 236 Å². The third kappa shape index (κ3) is 6.95. The fourth-order valence-electron chi connectivity index (χ4n) is 5.63. The van der Waals surface area contributed by atoms with Crippen molar-refractivity contribution in [2.75, 3.05) is 33.7 Å². The molecule has 9 heteroatoms. The fourth-order valence-corrected chi connectivity index (χ4v) is 5.63. The normalized spacial score (nSPS) is 19.9. The van der Waals surface area contributed by atoms with E-state index in [2.05, 4.69) is 71.1 Å². The van der Waals surface area contributed by atoms with Gasteiger partial charge in [0.2, 0.25) is 5.91 Å². The molecule has 40 heavy (non-hydrogen) atoms. The number of carbonyl (C=O) groups excluding carboxylic acids is 2. The number of hydrogen-bond acceptors (Lipinski definition) is 6. The molecular weight excluding hydrogens is 502 g/mol. The van der Waals surface area contributed by atoms with Crippen molar-refractivity contribution in [1.82, 2.24) is 35.4 Å². The Kier molecular flexibility index (Phi) is 8.91.